The molecule has 1 unspecified atom stereocenters. The van der Waals surface area contributed by atoms with Gasteiger partial charge in [-0.05, 0) is 12.8 Å². The van der Waals surface area contributed by atoms with Gasteiger partial charge in [-0.2, -0.15) is 0 Å². The van der Waals surface area contributed by atoms with Crippen LogP contribution in [0.1, 0.15) is 46.0 Å². The number of carbonyl (C=O) groups excluding carboxylic acids is 1. The van der Waals surface area contributed by atoms with Crippen molar-refractivity contribution in [3.8, 4) is 0 Å². The zero-order chi connectivity index (χ0) is 12.6. The molecule has 0 aromatic carbocycles. The molecule has 0 amide bonds. The number of ketones is 1. The lowest BCUT2D eigenvalue weighted by Gasteiger charge is -2.08. The maximum Gasteiger partial charge on any atom is 0.150 e. The quantitative estimate of drug-likeness (QED) is 0.668. The first-order chi connectivity index (χ1) is 7.41. The van der Waals surface area contributed by atoms with E-state index in [9.17, 15) is 13.2 Å². The van der Waals surface area contributed by atoms with Gasteiger partial charge < -0.3 is 5.73 Å². The number of Topliss-reactive ketones (excluding diaryl/α,β-unsaturated/α-hetero) is 1. The van der Waals surface area contributed by atoms with Gasteiger partial charge in [0.15, 0.2) is 0 Å². The maximum atomic E-state index is 11.4. The average molecular weight is 249 g/mol. The van der Waals surface area contributed by atoms with Crippen LogP contribution < -0.4 is 5.73 Å². The topological polar surface area (TPSA) is 77.2 Å². The van der Waals surface area contributed by atoms with E-state index in [0.717, 1.165) is 12.8 Å². The summed E-state index contributed by atoms with van der Waals surface area (Å²) in [6.07, 6.45) is 2.95. The van der Waals surface area contributed by atoms with E-state index in [4.69, 9.17) is 5.73 Å². The molecule has 1 atom stereocenters. The van der Waals surface area contributed by atoms with Crippen LogP contribution in [0.3, 0.4) is 0 Å². The number of carbonyl (C=O) groups is 1. The smallest absolute Gasteiger partial charge is 0.150 e. The van der Waals surface area contributed by atoms with Gasteiger partial charge in [0.05, 0.1) is 5.75 Å². The van der Waals surface area contributed by atoms with Gasteiger partial charge in [0.1, 0.15) is 15.6 Å². The summed E-state index contributed by atoms with van der Waals surface area (Å²) >= 11 is 0. The van der Waals surface area contributed by atoms with E-state index in [-0.39, 0.29) is 23.3 Å². The number of rotatable bonds is 9. The Labute approximate surface area is 98.5 Å². The molecule has 4 nitrogen and oxygen atoms in total. The van der Waals surface area contributed by atoms with Crippen molar-refractivity contribution >= 4 is 15.6 Å². The molecule has 16 heavy (non-hydrogen) atoms. The zero-order valence-electron chi connectivity index (χ0n) is 10.2. The molecule has 5 heteroatoms. The van der Waals surface area contributed by atoms with Crippen LogP contribution in [-0.4, -0.2) is 31.7 Å². The minimum absolute atomic E-state index is 0.0692. The molecule has 0 heterocycles. The minimum Gasteiger partial charge on any atom is -0.327 e. The SMILES string of the molecule is CCCC(N)CC(=O)CCCS(=O)(=O)CC. The summed E-state index contributed by atoms with van der Waals surface area (Å²) in [5.41, 5.74) is 5.73. The minimum atomic E-state index is -2.94. The van der Waals surface area contributed by atoms with Crippen LogP contribution in [0.4, 0.5) is 0 Å². The molecular formula is C11H23NO3S. The van der Waals surface area contributed by atoms with Gasteiger partial charge in [-0.25, -0.2) is 8.42 Å². The largest absolute Gasteiger partial charge is 0.327 e. The predicted molar refractivity (Wildman–Crippen MR) is 66.1 cm³/mol. The third-order valence-electron chi connectivity index (χ3n) is 2.50. The molecule has 0 rings (SSSR count). The van der Waals surface area contributed by atoms with Crippen molar-refractivity contribution < 1.29 is 13.2 Å². The summed E-state index contributed by atoms with van der Waals surface area (Å²) in [6.45, 7) is 3.65. The lowest BCUT2D eigenvalue weighted by atomic mass is 10.0. The highest BCUT2D eigenvalue weighted by Gasteiger charge is 2.11. The predicted octanol–water partition coefficient (Wildman–Crippen LogP) is 1.29. The Morgan fingerprint density at radius 1 is 1.31 bits per heavy atom. The number of hydrogen-bond donors (Lipinski definition) is 1. The van der Waals surface area contributed by atoms with Crippen LogP contribution in [0, 0.1) is 0 Å². The molecule has 0 aliphatic heterocycles. The Hall–Kier alpha value is -0.420. The van der Waals surface area contributed by atoms with E-state index in [1.54, 1.807) is 6.92 Å². The molecule has 96 valence electrons. The van der Waals surface area contributed by atoms with E-state index in [1.807, 2.05) is 6.92 Å². The molecule has 0 aliphatic carbocycles. The first-order valence-electron chi connectivity index (χ1n) is 5.89. The third kappa shape index (κ3) is 7.82. The maximum absolute atomic E-state index is 11.4. The first kappa shape index (κ1) is 15.6. The van der Waals surface area contributed by atoms with Crippen molar-refractivity contribution in [2.75, 3.05) is 11.5 Å². The number of hydrogen-bond acceptors (Lipinski definition) is 4. The second kappa shape index (κ2) is 7.79. The number of nitrogens with two attached hydrogens (primary N) is 1. The van der Waals surface area contributed by atoms with Crippen LogP contribution in [0.25, 0.3) is 0 Å². The molecule has 0 fully saturated rings. The second-order valence-corrected chi connectivity index (χ2v) is 6.60. The summed E-state index contributed by atoms with van der Waals surface area (Å²) in [4.78, 5) is 11.4. The van der Waals surface area contributed by atoms with Crippen molar-refractivity contribution in [1.82, 2.24) is 0 Å². The van der Waals surface area contributed by atoms with Crippen LogP contribution in [0.5, 0.6) is 0 Å². The fraction of sp³-hybridized carbons (Fsp3) is 0.909. The Bertz CT molecular complexity index is 298. The fourth-order valence-corrected chi connectivity index (χ4v) is 2.37. The van der Waals surface area contributed by atoms with Gasteiger partial charge in [-0.3, -0.25) is 4.79 Å². The van der Waals surface area contributed by atoms with Gasteiger partial charge in [-0.1, -0.05) is 20.3 Å². The van der Waals surface area contributed by atoms with Crippen molar-refractivity contribution in [3.05, 3.63) is 0 Å². The van der Waals surface area contributed by atoms with E-state index in [0.29, 0.717) is 19.3 Å². The van der Waals surface area contributed by atoms with Crippen LogP contribution in [-0.2, 0) is 14.6 Å². The second-order valence-electron chi connectivity index (χ2n) is 4.13. The fourth-order valence-electron chi connectivity index (χ4n) is 1.50. The van der Waals surface area contributed by atoms with E-state index in [1.165, 1.54) is 0 Å². The Balaban J connectivity index is 3.74. The van der Waals surface area contributed by atoms with Gasteiger partial charge in [-0.15, -0.1) is 0 Å². The molecule has 0 aromatic heterocycles. The summed E-state index contributed by atoms with van der Waals surface area (Å²) in [5.74, 6) is 0.335. The normalized spacial score (nSPS) is 13.7. The Morgan fingerprint density at radius 2 is 1.94 bits per heavy atom. The molecule has 0 aromatic rings. The molecular weight excluding hydrogens is 226 g/mol. The summed E-state index contributed by atoms with van der Waals surface area (Å²) in [5, 5.41) is 0. The van der Waals surface area contributed by atoms with Crippen LogP contribution >= 0.6 is 0 Å². The number of sulfone groups is 1. The summed E-state index contributed by atoms with van der Waals surface area (Å²) < 4.78 is 22.3. The lowest BCUT2D eigenvalue weighted by Crippen LogP contribution is -2.23. The summed E-state index contributed by atoms with van der Waals surface area (Å²) in [6, 6.07) is -0.0692. The third-order valence-corrected chi connectivity index (χ3v) is 4.29. The standard InChI is InChI=1S/C11H23NO3S/c1-3-6-10(12)9-11(13)7-5-8-16(14,15)4-2/h10H,3-9,12H2,1-2H3. The van der Waals surface area contributed by atoms with E-state index >= 15 is 0 Å². The average Bonchev–Trinajstić information content (AvgIpc) is 2.17. The highest BCUT2D eigenvalue weighted by Crippen LogP contribution is 2.04. The molecule has 0 spiro atoms. The van der Waals surface area contributed by atoms with Crippen LogP contribution in [0.2, 0.25) is 0 Å². The monoisotopic (exact) mass is 249 g/mol. The summed E-state index contributed by atoms with van der Waals surface area (Å²) in [7, 11) is -2.94. The van der Waals surface area contributed by atoms with E-state index in [2.05, 4.69) is 0 Å². The van der Waals surface area contributed by atoms with E-state index < -0.39 is 9.84 Å². The molecule has 0 saturated heterocycles. The molecule has 0 saturated carbocycles. The van der Waals surface area contributed by atoms with Crippen LogP contribution in [0.15, 0.2) is 0 Å². The molecule has 2 N–H and O–H groups in total. The zero-order valence-corrected chi connectivity index (χ0v) is 11.1. The highest BCUT2D eigenvalue weighted by atomic mass is 32.2. The molecule has 0 aliphatic rings. The van der Waals surface area contributed by atoms with Crippen molar-refractivity contribution in [1.29, 1.82) is 0 Å². The van der Waals surface area contributed by atoms with Gasteiger partial charge >= 0.3 is 0 Å². The van der Waals surface area contributed by atoms with Gasteiger partial charge in [0.25, 0.3) is 0 Å². The molecule has 0 radical (unpaired) electrons. The van der Waals surface area contributed by atoms with Crippen molar-refractivity contribution in [2.24, 2.45) is 5.73 Å². The van der Waals surface area contributed by atoms with Crippen molar-refractivity contribution in [2.45, 2.75) is 52.0 Å². The highest BCUT2D eigenvalue weighted by molar-refractivity contribution is 7.91. The lowest BCUT2D eigenvalue weighted by molar-refractivity contribution is -0.119. The first-order valence-corrected chi connectivity index (χ1v) is 7.71. The Kier molecular flexibility index (Phi) is 7.58. The Morgan fingerprint density at radius 3 is 2.44 bits per heavy atom. The van der Waals surface area contributed by atoms with Gasteiger partial charge in [0, 0.05) is 24.6 Å². The molecule has 0 bridgehead atoms. The van der Waals surface area contributed by atoms with Gasteiger partial charge in [0.2, 0.25) is 0 Å². The van der Waals surface area contributed by atoms with Crippen molar-refractivity contribution in [3.63, 3.8) is 0 Å².